The van der Waals surface area contributed by atoms with Crippen molar-refractivity contribution < 1.29 is 47.5 Å². The van der Waals surface area contributed by atoms with E-state index in [2.05, 4.69) is 19.7 Å². The summed E-state index contributed by atoms with van der Waals surface area (Å²) in [4.78, 5) is 36.1. The van der Waals surface area contributed by atoms with Crippen LogP contribution in [0.4, 0.5) is 0 Å². The molecular weight excluding hydrogens is 640 g/mol. The maximum absolute atomic E-state index is 12.2. The summed E-state index contributed by atoms with van der Waals surface area (Å²) in [6.07, 6.45) is 5.57. The fourth-order valence-electron chi connectivity index (χ4n) is 5.50. The van der Waals surface area contributed by atoms with Crippen LogP contribution in [0.5, 0.6) is 0 Å². The fourth-order valence-corrected chi connectivity index (χ4v) is 5.50. The number of esters is 2. The zero-order chi connectivity index (χ0) is 39.2. The predicted octanol–water partition coefficient (Wildman–Crippen LogP) is 7.91. The highest BCUT2D eigenvalue weighted by Gasteiger charge is 2.44. The summed E-state index contributed by atoms with van der Waals surface area (Å²) >= 11 is 0. The minimum Gasteiger partial charge on any atom is -0.456 e. The Hall–Kier alpha value is -2.37. The van der Waals surface area contributed by atoms with E-state index in [1.807, 2.05) is 69.2 Å². The monoisotopic (exact) mass is 710 g/mol. The maximum Gasteiger partial charge on any atom is 0.330 e. The summed E-state index contributed by atoms with van der Waals surface area (Å²) in [5.74, 6) is -1.19. The van der Waals surface area contributed by atoms with Gasteiger partial charge in [0, 0.05) is 24.0 Å². The normalized spacial score (nSPS) is 14.5. The minimum atomic E-state index is -0.984. The molecule has 0 aromatic heterocycles. The average molecular weight is 711 g/mol. The first kappa shape index (κ1) is 47.6. The molecule has 0 saturated heterocycles. The third-order valence-corrected chi connectivity index (χ3v) is 8.13. The molecule has 0 aromatic carbocycles. The summed E-state index contributed by atoms with van der Waals surface area (Å²) in [6.45, 7) is 38.8. The van der Waals surface area contributed by atoms with Gasteiger partial charge in [0.1, 0.15) is 16.8 Å². The molecule has 0 N–H and O–H groups in total. The standard InChI is InChI=1S/C40H70O10/c1-18-31(41)39(16,17)46-24-21-34(6,7)48-29-40(28-44-30(4)5,26-37(12,13)47-27-38(14,15)50-33(43)20-3)25-36(10,11)45-23-22-35(8,9)49-32(42)19-2/h18-20,30H,1-3,21-29H2,4-17H3. The van der Waals surface area contributed by atoms with Gasteiger partial charge in [0.2, 0.25) is 0 Å². The molecule has 0 heterocycles. The number of carbonyl (C=O) groups excluding carboxylic acids is 3. The van der Waals surface area contributed by atoms with Gasteiger partial charge in [0.25, 0.3) is 0 Å². The molecule has 0 aliphatic carbocycles. The lowest BCUT2D eigenvalue weighted by molar-refractivity contribution is -0.180. The number of ketones is 1. The van der Waals surface area contributed by atoms with E-state index in [9.17, 15) is 14.4 Å². The van der Waals surface area contributed by atoms with E-state index in [0.717, 1.165) is 12.2 Å². The topological polar surface area (TPSA) is 116 Å². The first-order valence-corrected chi connectivity index (χ1v) is 17.6. The quantitative estimate of drug-likeness (QED) is 0.0615. The largest absolute Gasteiger partial charge is 0.456 e. The molecule has 0 radical (unpaired) electrons. The second-order valence-electron chi connectivity index (χ2n) is 17.1. The highest BCUT2D eigenvalue weighted by atomic mass is 16.6. The van der Waals surface area contributed by atoms with Gasteiger partial charge in [-0.05, 0) is 122 Å². The van der Waals surface area contributed by atoms with Crippen molar-refractivity contribution in [1.29, 1.82) is 0 Å². The Balaban J connectivity index is 6.39. The molecule has 1 unspecified atom stereocenters. The van der Waals surface area contributed by atoms with Gasteiger partial charge in [0.05, 0.1) is 55.9 Å². The molecule has 0 spiro atoms. The Morgan fingerprint density at radius 1 is 0.540 bits per heavy atom. The zero-order valence-corrected chi connectivity index (χ0v) is 33.9. The molecule has 0 bridgehead atoms. The van der Waals surface area contributed by atoms with Crippen LogP contribution in [0.1, 0.15) is 123 Å². The molecule has 10 nitrogen and oxygen atoms in total. The van der Waals surface area contributed by atoms with Crippen molar-refractivity contribution in [3.05, 3.63) is 38.0 Å². The van der Waals surface area contributed by atoms with E-state index in [1.165, 1.54) is 6.08 Å². The molecule has 290 valence electrons. The van der Waals surface area contributed by atoms with Gasteiger partial charge in [0.15, 0.2) is 5.78 Å². The molecule has 50 heavy (non-hydrogen) atoms. The first-order valence-electron chi connectivity index (χ1n) is 17.6. The molecule has 1 atom stereocenters. The van der Waals surface area contributed by atoms with Crippen LogP contribution in [-0.4, -0.2) is 90.5 Å². The van der Waals surface area contributed by atoms with Gasteiger partial charge in [-0.2, -0.15) is 0 Å². The van der Waals surface area contributed by atoms with Gasteiger partial charge >= 0.3 is 11.9 Å². The van der Waals surface area contributed by atoms with Crippen LogP contribution in [-0.2, 0) is 47.5 Å². The van der Waals surface area contributed by atoms with E-state index >= 15 is 0 Å². The number of hydrogen-bond acceptors (Lipinski definition) is 10. The molecular formula is C40H70O10. The van der Waals surface area contributed by atoms with Crippen LogP contribution >= 0.6 is 0 Å². The van der Waals surface area contributed by atoms with Crippen molar-refractivity contribution in [3.8, 4) is 0 Å². The SMILES string of the molecule is C=CC(=O)OC(C)(C)CCOC(C)(C)CC(COC(C)C)(COC(C)(C)CCOC(C)(C)C(=O)C=C)CC(C)(C)OCC(C)(C)OC(=O)C=C. The second-order valence-corrected chi connectivity index (χ2v) is 17.1. The molecule has 0 amide bonds. The van der Waals surface area contributed by atoms with E-state index in [0.29, 0.717) is 52.1 Å². The average Bonchev–Trinajstić information content (AvgIpc) is 2.96. The first-order chi connectivity index (χ1) is 22.5. The van der Waals surface area contributed by atoms with Crippen LogP contribution < -0.4 is 0 Å². The van der Waals surface area contributed by atoms with Gasteiger partial charge in [-0.25, -0.2) is 9.59 Å². The number of carbonyl (C=O) groups is 3. The van der Waals surface area contributed by atoms with Crippen molar-refractivity contribution >= 4 is 17.7 Å². The lowest BCUT2D eigenvalue weighted by Crippen LogP contribution is -2.49. The lowest BCUT2D eigenvalue weighted by atomic mass is 9.72. The Kier molecular flexibility index (Phi) is 18.5. The van der Waals surface area contributed by atoms with E-state index < -0.39 is 51.0 Å². The van der Waals surface area contributed by atoms with Gasteiger partial charge < -0.3 is 33.2 Å². The van der Waals surface area contributed by atoms with Crippen molar-refractivity contribution in [1.82, 2.24) is 0 Å². The van der Waals surface area contributed by atoms with Gasteiger partial charge in [-0.3, -0.25) is 4.79 Å². The Morgan fingerprint density at radius 2 is 0.980 bits per heavy atom. The van der Waals surface area contributed by atoms with Crippen molar-refractivity contribution in [2.75, 3.05) is 33.0 Å². The number of rotatable bonds is 27. The fraction of sp³-hybridized carbons (Fsp3) is 0.775. The third-order valence-electron chi connectivity index (χ3n) is 8.13. The van der Waals surface area contributed by atoms with E-state index in [4.69, 9.17) is 33.2 Å². The van der Waals surface area contributed by atoms with Crippen LogP contribution in [0.15, 0.2) is 38.0 Å². The molecule has 0 rings (SSSR count). The number of ether oxygens (including phenoxy) is 7. The van der Waals surface area contributed by atoms with Crippen LogP contribution in [0.2, 0.25) is 0 Å². The smallest absolute Gasteiger partial charge is 0.330 e. The molecule has 0 aliphatic heterocycles. The second kappa shape index (κ2) is 19.5. The van der Waals surface area contributed by atoms with E-state index in [-0.39, 0.29) is 18.5 Å². The summed E-state index contributed by atoms with van der Waals surface area (Å²) in [5.41, 5.74) is -5.20. The van der Waals surface area contributed by atoms with Gasteiger partial charge in [-0.1, -0.05) is 19.7 Å². The molecule has 0 saturated carbocycles. The third kappa shape index (κ3) is 19.9. The molecule has 0 aliphatic rings. The predicted molar refractivity (Wildman–Crippen MR) is 198 cm³/mol. The minimum absolute atomic E-state index is 0.0499. The highest BCUT2D eigenvalue weighted by molar-refractivity contribution is 5.95. The summed E-state index contributed by atoms with van der Waals surface area (Å²) in [6, 6.07) is 0. The Bertz CT molecular complexity index is 1130. The van der Waals surface area contributed by atoms with Crippen molar-refractivity contribution in [3.63, 3.8) is 0 Å². The van der Waals surface area contributed by atoms with Gasteiger partial charge in [-0.15, -0.1) is 0 Å². The number of hydrogen-bond donors (Lipinski definition) is 0. The van der Waals surface area contributed by atoms with Crippen LogP contribution in [0, 0.1) is 5.41 Å². The molecule has 0 aromatic rings. The zero-order valence-electron chi connectivity index (χ0n) is 33.9. The maximum atomic E-state index is 12.2. The lowest BCUT2D eigenvalue weighted by Gasteiger charge is -2.46. The van der Waals surface area contributed by atoms with E-state index in [1.54, 1.807) is 27.7 Å². The summed E-state index contributed by atoms with van der Waals surface area (Å²) in [5, 5.41) is 0. The molecule has 0 fully saturated rings. The van der Waals surface area contributed by atoms with Crippen LogP contribution in [0.25, 0.3) is 0 Å². The highest BCUT2D eigenvalue weighted by Crippen LogP contribution is 2.42. The van der Waals surface area contributed by atoms with Crippen molar-refractivity contribution in [2.24, 2.45) is 5.41 Å². The summed E-state index contributed by atoms with van der Waals surface area (Å²) < 4.78 is 43.0. The van der Waals surface area contributed by atoms with Crippen molar-refractivity contribution in [2.45, 2.75) is 162 Å². The van der Waals surface area contributed by atoms with Crippen LogP contribution in [0.3, 0.4) is 0 Å². The Morgan fingerprint density at radius 3 is 1.46 bits per heavy atom. The molecule has 10 heteroatoms. The summed E-state index contributed by atoms with van der Waals surface area (Å²) in [7, 11) is 0. The Labute approximate surface area is 303 Å².